The Morgan fingerprint density at radius 1 is 1.00 bits per heavy atom. The average Bonchev–Trinajstić information content (AvgIpc) is 2.58. The maximum absolute atomic E-state index is 12.7. The van der Waals surface area contributed by atoms with Crippen molar-refractivity contribution in [1.29, 1.82) is 0 Å². The summed E-state index contributed by atoms with van der Waals surface area (Å²) >= 11 is 3.57. The van der Waals surface area contributed by atoms with E-state index in [1.807, 2.05) is 30.3 Å². The van der Waals surface area contributed by atoms with E-state index < -0.39 is 17.4 Å². The number of ether oxygens (including phenoxy) is 2. The highest BCUT2D eigenvalue weighted by atomic mass is 79.9. The van der Waals surface area contributed by atoms with Gasteiger partial charge in [-0.25, -0.2) is 0 Å². The first-order valence-corrected chi connectivity index (χ1v) is 8.86. The molecule has 0 saturated carbocycles. The molecule has 0 radical (unpaired) electrons. The molecule has 24 heavy (non-hydrogen) atoms. The largest absolute Gasteiger partial charge is 0.465 e. The van der Waals surface area contributed by atoms with E-state index in [2.05, 4.69) is 15.9 Å². The fourth-order valence-electron chi connectivity index (χ4n) is 3.44. The van der Waals surface area contributed by atoms with Gasteiger partial charge in [0.25, 0.3) is 0 Å². The van der Waals surface area contributed by atoms with Crippen molar-refractivity contribution in [2.45, 2.75) is 26.7 Å². The minimum atomic E-state index is -1.30. The molecule has 0 amide bonds. The van der Waals surface area contributed by atoms with Crippen molar-refractivity contribution in [3.63, 3.8) is 0 Å². The van der Waals surface area contributed by atoms with Gasteiger partial charge in [-0.1, -0.05) is 40.2 Å². The monoisotopic (exact) mass is 390 g/mol. The average molecular weight is 391 g/mol. The van der Waals surface area contributed by atoms with Crippen molar-refractivity contribution >= 4 is 38.6 Å². The van der Waals surface area contributed by atoms with Gasteiger partial charge in [-0.05, 0) is 41.8 Å². The van der Waals surface area contributed by atoms with Gasteiger partial charge in [0.05, 0.1) is 13.2 Å². The van der Waals surface area contributed by atoms with E-state index in [0.29, 0.717) is 12.8 Å². The van der Waals surface area contributed by atoms with Crippen molar-refractivity contribution in [2.75, 3.05) is 13.2 Å². The van der Waals surface area contributed by atoms with E-state index in [0.717, 1.165) is 26.4 Å². The minimum absolute atomic E-state index is 0.234. The molecule has 2 aromatic rings. The second-order valence-corrected chi connectivity index (χ2v) is 6.78. The Labute approximate surface area is 149 Å². The lowest BCUT2D eigenvalue weighted by Gasteiger charge is -2.34. The third kappa shape index (κ3) is 2.61. The third-order valence-electron chi connectivity index (χ3n) is 4.48. The van der Waals surface area contributed by atoms with Gasteiger partial charge in [0, 0.05) is 17.3 Å². The zero-order valence-corrected chi connectivity index (χ0v) is 15.3. The number of carbonyl (C=O) groups excluding carboxylic acids is 2. The van der Waals surface area contributed by atoms with Gasteiger partial charge in [0.15, 0.2) is 5.41 Å². The predicted molar refractivity (Wildman–Crippen MR) is 94.8 cm³/mol. The van der Waals surface area contributed by atoms with E-state index in [4.69, 9.17) is 9.47 Å². The van der Waals surface area contributed by atoms with Gasteiger partial charge in [0.2, 0.25) is 0 Å². The van der Waals surface area contributed by atoms with Crippen LogP contribution in [0.1, 0.15) is 25.0 Å². The Morgan fingerprint density at radius 2 is 1.58 bits per heavy atom. The maximum atomic E-state index is 12.7. The standard InChI is InChI=1S/C19H19BrO4/c1-3-23-17(21)19(18(22)24-4-2)10-12-6-5-7-14-15(20)9-8-13(11-19)16(12)14/h5-9H,3-4,10-11H2,1-2H3. The molecule has 0 fully saturated rings. The molecule has 3 rings (SSSR count). The van der Waals surface area contributed by atoms with Crippen LogP contribution in [0.25, 0.3) is 10.8 Å². The molecule has 0 aromatic heterocycles. The first kappa shape index (κ1) is 17.0. The van der Waals surface area contributed by atoms with Gasteiger partial charge >= 0.3 is 11.9 Å². The van der Waals surface area contributed by atoms with Crippen molar-refractivity contribution in [3.8, 4) is 0 Å². The number of halogens is 1. The quantitative estimate of drug-likeness (QED) is 0.588. The molecule has 126 valence electrons. The molecule has 0 atom stereocenters. The topological polar surface area (TPSA) is 52.6 Å². The summed E-state index contributed by atoms with van der Waals surface area (Å²) in [7, 11) is 0. The summed E-state index contributed by atoms with van der Waals surface area (Å²) in [5.41, 5.74) is 0.633. The lowest BCUT2D eigenvalue weighted by molar-refractivity contribution is -0.172. The van der Waals surface area contributed by atoms with Crippen molar-refractivity contribution in [3.05, 3.63) is 45.9 Å². The Morgan fingerprint density at radius 3 is 2.17 bits per heavy atom. The van der Waals surface area contributed by atoms with E-state index >= 15 is 0 Å². The van der Waals surface area contributed by atoms with Crippen LogP contribution >= 0.6 is 15.9 Å². The third-order valence-corrected chi connectivity index (χ3v) is 5.17. The zero-order valence-electron chi connectivity index (χ0n) is 13.7. The van der Waals surface area contributed by atoms with E-state index in [1.165, 1.54) is 0 Å². The number of hydrogen-bond donors (Lipinski definition) is 0. The minimum Gasteiger partial charge on any atom is -0.465 e. The fraction of sp³-hybridized carbons (Fsp3) is 0.368. The second kappa shape index (κ2) is 6.55. The molecule has 2 aromatic carbocycles. The summed E-state index contributed by atoms with van der Waals surface area (Å²) in [5.74, 6) is -1.01. The van der Waals surface area contributed by atoms with Crippen LogP contribution in [-0.2, 0) is 31.9 Å². The Balaban J connectivity index is 2.16. The zero-order chi connectivity index (χ0) is 17.3. The molecule has 0 bridgehead atoms. The normalized spacial score (nSPS) is 15.1. The summed E-state index contributed by atoms with van der Waals surface area (Å²) in [6, 6.07) is 9.85. The molecule has 0 aliphatic heterocycles. The molecule has 4 nitrogen and oxygen atoms in total. The van der Waals surface area contributed by atoms with Crippen LogP contribution in [0.3, 0.4) is 0 Å². The number of hydrogen-bond acceptors (Lipinski definition) is 4. The summed E-state index contributed by atoms with van der Waals surface area (Å²) in [4.78, 5) is 25.4. The molecule has 5 heteroatoms. The van der Waals surface area contributed by atoms with E-state index in [1.54, 1.807) is 13.8 Å². The molecule has 0 spiro atoms. The van der Waals surface area contributed by atoms with Crippen molar-refractivity contribution < 1.29 is 19.1 Å². The first-order chi connectivity index (χ1) is 11.5. The number of carbonyl (C=O) groups is 2. The van der Waals surface area contributed by atoms with Crippen LogP contribution in [0, 0.1) is 5.41 Å². The van der Waals surface area contributed by atoms with Crippen LogP contribution in [-0.4, -0.2) is 25.2 Å². The highest BCUT2D eigenvalue weighted by Crippen LogP contribution is 2.42. The van der Waals surface area contributed by atoms with E-state index in [9.17, 15) is 9.59 Å². The highest BCUT2D eigenvalue weighted by molar-refractivity contribution is 9.10. The summed E-state index contributed by atoms with van der Waals surface area (Å²) in [5, 5.41) is 2.20. The Kier molecular flexibility index (Phi) is 4.63. The van der Waals surface area contributed by atoms with Crippen LogP contribution in [0.5, 0.6) is 0 Å². The van der Waals surface area contributed by atoms with Crippen LogP contribution in [0.4, 0.5) is 0 Å². The summed E-state index contributed by atoms with van der Waals surface area (Å²) in [6.07, 6.45) is 0.594. The molecule has 1 aliphatic rings. The van der Waals surface area contributed by atoms with Gasteiger partial charge in [-0.2, -0.15) is 0 Å². The van der Waals surface area contributed by atoms with Crippen molar-refractivity contribution in [1.82, 2.24) is 0 Å². The molecular weight excluding hydrogens is 372 g/mol. The van der Waals surface area contributed by atoms with Crippen molar-refractivity contribution in [2.24, 2.45) is 5.41 Å². The lowest BCUT2D eigenvalue weighted by atomic mass is 9.70. The van der Waals surface area contributed by atoms with Crippen LogP contribution in [0.2, 0.25) is 0 Å². The van der Waals surface area contributed by atoms with Gasteiger partial charge in [-0.3, -0.25) is 9.59 Å². The van der Waals surface area contributed by atoms with Gasteiger partial charge < -0.3 is 9.47 Å². The Hall–Kier alpha value is -1.88. The van der Waals surface area contributed by atoms with Gasteiger partial charge in [-0.15, -0.1) is 0 Å². The molecule has 0 unspecified atom stereocenters. The molecular formula is C19H19BrO4. The first-order valence-electron chi connectivity index (χ1n) is 8.07. The Bertz CT molecular complexity index is 780. The summed E-state index contributed by atoms with van der Waals surface area (Å²) < 4.78 is 11.5. The summed E-state index contributed by atoms with van der Waals surface area (Å²) in [6.45, 7) is 3.95. The number of esters is 2. The van der Waals surface area contributed by atoms with Crippen LogP contribution in [0.15, 0.2) is 34.8 Å². The van der Waals surface area contributed by atoms with E-state index in [-0.39, 0.29) is 13.2 Å². The lowest BCUT2D eigenvalue weighted by Crippen LogP contribution is -2.47. The maximum Gasteiger partial charge on any atom is 0.324 e. The molecule has 0 heterocycles. The number of rotatable bonds is 4. The fourth-order valence-corrected chi connectivity index (χ4v) is 3.91. The predicted octanol–water partition coefficient (Wildman–Crippen LogP) is 3.81. The number of benzene rings is 2. The van der Waals surface area contributed by atoms with Crippen LogP contribution < -0.4 is 0 Å². The smallest absolute Gasteiger partial charge is 0.324 e. The molecule has 1 aliphatic carbocycles. The highest BCUT2D eigenvalue weighted by Gasteiger charge is 2.51. The molecule has 0 N–H and O–H groups in total. The van der Waals surface area contributed by atoms with Gasteiger partial charge in [0.1, 0.15) is 0 Å². The second-order valence-electron chi connectivity index (χ2n) is 5.92. The molecule has 0 saturated heterocycles. The SMILES string of the molecule is CCOC(=O)C1(C(=O)OCC)Cc2cccc3c(Br)ccc(c23)C1.